The summed E-state index contributed by atoms with van der Waals surface area (Å²) >= 11 is 0. The van der Waals surface area contributed by atoms with Gasteiger partial charge < -0.3 is 14.9 Å². The van der Waals surface area contributed by atoms with Crippen molar-refractivity contribution in [3.05, 3.63) is 35.9 Å². The van der Waals surface area contributed by atoms with E-state index in [2.05, 4.69) is 6.92 Å². The summed E-state index contributed by atoms with van der Waals surface area (Å²) < 4.78 is 5.72. The fourth-order valence-corrected chi connectivity index (χ4v) is 2.66. The number of benzene rings is 1. The number of carboxylic acids is 1. The van der Waals surface area contributed by atoms with E-state index < -0.39 is 18.0 Å². The van der Waals surface area contributed by atoms with E-state index in [0.717, 1.165) is 31.2 Å². The summed E-state index contributed by atoms with van der Waals surface area (Å²) in [7, 11) is 0. The van der Waals surface area contributed by atoms with Crippen molar-refractivity contribution in [1.82, 2.24) is 0 Å². The van der Waals surface area contributed by atoms with E-state index in [-0.39, 0.29) is 6.10 Å². The lowest BCUT2D eigenvalue weighted by Gasteiger charge is -2.22. The number of aliphatic hydroxyl groups is 1. The Morgan fingerprint density at radius 2 is 1.87 bits per heavy atom. The Morgan fingerprint density at radius 3 is 2.48 bits per heavy atom. The maximum Gasteiger partial charge on any atom is 0.309 e. The Morgan fingerprint density at radius 1 is 1.17 bits per heavy atom. The minimum absolute atomic E-state index is 0.178. The minimum Gasteiger partial charge on any atom is -0.481 e. The molecule has 0 saturated heterocycles. The molecule has 0 spiro atoms. The molecule has 1 rings (SSSR count). The zero-order valence-corrected chi connectivity index (χ0v) is 14.3. The summed E-state index contributed by atoms with van der Waals surface area (Å²) in [4.78, 5) is 11.4. The van der Waals surface area contributed by atoms with Crippen LogP contribution in [0.1, 0.15) is 57.9 Å². The zero-order chi connectivity index (χ0) is 17.1. The van der Waals surface area contributed by atoms with E-state index in [4.69, 9.17) is 4.74 Å². The standard InChI is InChI=1S/C19H30O4/c1-3-4-5-9-12-17(19(21)22)18(20)13-15(2)23-14-16-10-7-6-8-11-16/h6-8,10-11,15,17-18,20H,3-5,9,12-14H2,1-2H3,(H,21,22)/t15-,17?,18?/m1/s1. The maximum absolute atomic E-state index is 11.4. The third kappa shape index (κ3) is 8.14. The van der Waals surface area contributed by atoms with Crippen molar-refractivity contribution >= 4 is 5.97 Å². The van der Waals surface area contributed by atoms with Crippen LogP contribution in [0.3, 0.4) is 0 Å². The van der Waals surface area contributed by atoms with Crippen molar-refractivity contribution in [3.63, 3.8) is 0 Å². The van der Waals surface area contributed by atoms with Gasteiger partial charge in [0.05, 0.1) is 24.7 Å². The van der Waals surface area contributed by atoms with Crippen molar-refractivity contribution in [2.45, 2.75) is 71.2 Å². The molecule has 0 heterocycles. The van der Waals surface area contributed by atoms with E-state index in [0.29, 0.717) is 19.4 Å². The van der Waals surface area contributed by atoms with Gasteiger partial charge in [0.2, 0.25) is 0 Å². The lowest BCUT2D eigenvalue weighted by atomic mass is 9.92. The number of carboxylic acid groups (broad SMARTS) is 1. The molecule has 0 saturated carbocycles. The SMILES string of the molecule is CCCCCCC(C(=O)O)C(O)C[C@@H](C)OCc1ccccc1. The molecule has 4 heteroatoms. The molecular weight excluding hydrogens is 292 g/mol. The molecule has 2 N–H and O–H groups in total. The Labute approximate surface area is 139 Å². The number of aliphatic carboxylic acids is 1. The van der Waals surface area contributed by atoms with Crippen LogP contribution in [0.2, 0.25) is 0 Å². The van der Waals surface area contributed by atoms with Crippen LogP contribution >= 0.6 is 0 Å². The fourth-order valence-electron chi connectivity index (χ4n) is 2.66. The third-order valence-corrected chi connectivity index (χ3v) is 4.10. The molecule has 2 unspecified atom stereocenters. The molecule has 0 aromatic heterocycles. The Bertz CT molecular complexity index is 432. The second-order valence-electron chi connectivity index (χ2n) is 6.20. The van der Waals surface area contributed by atoms with Gasteiger partial charge in [-0.3, -0.25) is 4.79 Å². The molecule has 0 aliphatic carbocycles. The number of aliphatic hydroxyl groups excluding tert-OH is 1. The van der Waals surface area contributed by atoms with Gasteiger partial charge in [0.1, 0.15) is 0 Å². The second kappa shape index (κ2) is 11.2. The van der Waals surface area contributed by atoms with Crippen molar-refractivity contribution < 1.29 is 19.7 Å². The topological polar surface area (TPSA) is 66.8 Å². The summed E-state index contributed by atoms with van der Waals surface area (Å²) in [5.74, 6) is -1.61. The molecule has 4 nitrogen and oxygen atoms in total. The molecule has 0 amide bonds. The molecule has 130 valence electrons. The molecule has 1 aromatic rings. The first-order valence-corrected chi connectivity index (χ1v) is 8.61. The van der Waals surface area contributed by atoms with Gasteiger partial charge in [-0.05, 0) is 18.9 Å². The highest BCUT2D eigenvalue weighted by Crippen LogP contribution is 2.20. The Balaban J connectivity index is 2.37. The highest BCUT2D eigenvalue weighted by Gasteiger charge is 2.27. The highest BCUT2D eigenvalue weighted by molar-refractivity contribution is 5.70. The van der Waals surface area contributed by atoms with Crippen LogP contribution in [0.25, 0.3) is 0 Å². The van der Waals surface area contributed by atoms with Crippen molar-refractivity contribution in [3.8, 4) is 0 Å². The van der Waals surface area contributed by atoms with Crippen LogP contribution in [-0.4, -0.2) is 28.4 Å². The molecule has 23 heavy (non-hydrogen) atoms. The first-order chi connectivity index (χ1) is 11.0. The predicted octanol–water partition coefficient (Wildman–Crippen LogP) is 4.01. The van der Waals surface area contributed by atoms with E-state index in [1.807, 2.05) is 37.3 Å². The highest BCUT2D eigenvalue weighted by atomic mass is 16.5. The summed E-state index contributed by atoms with van der Waals surface area (Å²) in [6, 6.07) is 9.82. The van der Waals surface area contributed by atoms with Crippen LogP contribution in [0.15, 0.2) is 30.3 Å². The van der Waals surface area contributed by atoms with Gasteiger partial charge in [0.15, 0.2) is 0 Å². The minimum atomic E-state index is -0.913. The fraction of sp³-hybridized carbons (Fsp3) is 0.632. The molecule has 3 atom stereocenters. The van der Waals surface area contributed by atoms with Gasteiger partial charge in [-0.15, -0.1) is 0 Å². The number of rotatable bonds is 12. The Kier molecular flexibility index (Phi) is 9.57. The second-order valence-corrected chi connectivity index (χ2v) is 6.20. The molecular formula is C19H30O4. The third-order valence-electron chi connectivity index (χ3n) is 4.10. The summed E-state index contributed by atoms with van der Waals surface area (Å²) in [5, 5.41) is 19.6. The smallest absolute Gasteiger partial charge is 0.309 e. The lowest BCUT2D eigenvalue weighted by molar-refractivity contribution is -0.147. The number of carbonyl (C=O) groups is 1. The number of unbranched alkanes of at least 4 members (excludes halogenated alkanes) is 3. The van der Waals surface area contributed by atoms with Gasteiger partial charge >= 0.3 is 5.97 Å². The quantitative estimate of drug-likeness (QED) is 0.571. The van der Waals surface area contributed by atoms with E-state index in [1.165, 1.54) is 0 Å². The molecule has 1 aromatic carbocycles. The van der Waals surface area contributed by atoms with Crippen molar-refractivity contribution in [2.24, 2.45) is 5.92 Å². The molecule has 0 aliphatic heterocycles. The predicted molar refractivity (Wildman–Crippen MR) is 91.2 cm³/mol. The van der Waals surface area contributed by atoms with Crippen LogP contribution in [0, 0.1) is 5.92 Å². The van der Waals surface area contributed by atoms with Gasteiger partial charge in [0.25, 0.3) is 0 Å². The van der Waals surface area contributed by atoms with Crippen molar-refractivity contribution in [2.75, 3.05) is 0 Å². The van der Waals surface area contributed by atoms with E-state index in [1.54, 1.807) is 0 Å². The number of hydrogen-bond acceptors (Lipinski definition) is 3. The van der Waals surface area contributed by atoms with Gasteiger partial charge in [-0.25, -0.2) is 0 Å². The van der Waals surface area contributed by atoms with Gasteiger partial charge in [-0.1, -0.05) is 62.9 Å². The van der Waals surface area contributed by atoms with Crippen LogP contribution < -0.4 is 0 Å². The average molecular weight is 322 g/mol. The normalized spacial score (nSPS) is 15.1. The Hall–Kier alpha value is -1.39. The summed E-state index contributed by atoms with van der Waals surface area (Å²) in [5.41, 5.74) is 1.07. The lowest BCUT2D eigenvalue weighted by Crippen LogP contribution is -2.31. The molecule has 0 bridgehead atoms. The average Bonchev–Trinajstić information content (AvgIpc) is 2.53. The summed E-state index contributed by atoms with van der Waals surface area (Å²) in [6.07, 6.45) is 3.93. The van der Waals surface area contributed by atoms with Gasteiger partial charge in [0, 0.05) is 6.42 Å². The van der Waals surface area contributed by atoms with E-state index >= 15 is 0 Å². The molecule has 0 aliphatic rings. The summed E-state index contributed by atoms with van der Waals surface area (Å²) in [6.45, 7) is 4.47. The van der Waals surface area contributed by atoms with Crippen LogP contribution in [-0.2, 0) is 16.1 Å². The monoisotopic (exact) mass is 322 g/mol. The number of hydrogen-bond donors (Lipinski definition) is 2. The molecule has 0 radical (unpaired) electrons. The number of ether oxygens (including phenoxy) is 1. The van der Waals surface area contributed by atoms with Crippen LogP contribution in [0.5, 0.6) is 0 Å². The zero-order valence-electron chi connectivity index (χ0n) is 14.3. The molecule has 0 fully saturated rings. The van der Waals surface area contributed by atoms with Gasteiger partial charge in [-0.2, -0.15) is 0 Å². The first kappa shape index (κ1) is 19.7. The van der Waals surface area contributed by atoms with Crippen LogP contribution in [0.4, 0.5) is 0 Å². The van der Waals surface area contributed by atoms with E-state index in [9.17, 15) is 15.0 Å². The van der Waals surface area contributed by atoms with Crippen molar-refractivity contribution in [1.29, 1.82) is 0 Å². The first-order valence-electron chi connectivity index (χ1n) is 8.61. The maximum atomic E-state index is 11.4. The largest absolute Gasteiger partial charge is 0.481 e.